The number of aromatic nitrogens is 1. The number of nitrogens with one attached hydrogen (secondary N) is 1. The van der Waals surface area contributed by atoms with Crippen LogP contribution in [0.1, 0.15) is 16.1 Å². The Labute approximate surface area is 122 Å². The van der Waals surface area contributed by atoms with Crippen LogP contribution in [-0.2, 0) is 6.54 Å². The molecule has 0 radical (unpaired) electrons. The summed E-state index contributed by atoms with van der Waals surface area (Å²) in [7, 11) is 0. The predicted molar refractivity (Wildman–Crippen MR) is 81.0 cm³/mol. The molecule has 0 saturated heterocycles. The van der Waals surface area contributed by atoms with Crippen LogP contribution in [0.25, 0.3) is 10.8 Å². The summed E-state index contributed by atoms with van der Waals surface area (Å²) in [6.07, 6.45) is 1.68. The Balaban J connectivity index is 1.81. The highest BCUT2D eigenvalue weighted by Crippen LogP contribution is 2.26. The van der Waals surface area contributed by atoms with Crippen LogP contribution in [-0.4, -0.2) is 16.0 Å². The summed E-state index contributed by atoms with van der Waals surface area (Å²) in [4.78, 5) is 16.3. The third kappa shape index (κ3) is 2.84. The first-order valence-corrected chi connectivity index (χ1v) is 6.64. The molecule has 0 aliphatic heterocycles. The fourth-order valence-electron chi connectivity index (χ4n) is 2.20. The summed E-state index contributed by atoms with van der Waals surface area (Å²) < 4.78 is 0. The number of carbonyl (C=O) groups is 1. The maximum Gasteiger partial charge on any atom is 0.251 e. The van der Waals surface area contributed by atoms with E-state index in [1.165, 1.54) is 6.07 Å². The highest BCUT2D eigenvalue weighted by atomic mass is 16.3. The molecule has 1 heterocycles. The molecule has 21 heavy (non-hydrogen) atoms. The number of benzene rings is 2. The van der Waals surface area contributed by atoms with E-state index in [0.717, 1.165) is 16.5 Å². The van der Waals surface area contributed by atoms with Crippen molar-refractivity contribution in [2.45, 2.75) is 6.54 Å². The average molecular weight is 278 g/mol. The third-order valence-corrected chi connectivity index (χ3v) is 3.26. The largest absolute Gasteiger partial charge is 0.507 e. The maximum atomic E-state index is 12.2. The smallest absolute Gasteiger partial charge is 0.251 e. The van der Waals surface area contributed by atoms with Gasteiger partial charge in [-0.3, -0.25) is 9.78 Å². The monoisotopic (exact) mass is 278 g/mol. The van der Waals surface area contributed by atoms with Crippen molar-refractivity contribution in [1.82, 2.24) is 10.3 Å². The lowest BCUT2D eigenvalue weighted by Gasteiger charge is -2.07. The van der Waals surface area contributed by atoms with Gasteiger partial charge in [0.05, 0.1) is 12.2 Å². The normalized spacial score (nSPS) is 10.5. The molecule has 2 aromatic carbocycles. The molecule has 3 rings (SSSR count). The van der Waals surface area contributed by atoms with Crippen LogP contribution >= 0.6 is 0 Å². The van der Waals surface area contributed by atoms with Crippen molar-refractivity contribution in [1.29, 1.82) is 0 Å². The van der Waals surface area contributed by atoms with Gasteiger partial charge in [0.15, 0.2) is 0 Å². The van der Waals surface area contributed by atoms with Crippen molar-refractivity contribution in [2.75, 3.05) is 0 Å². The van der Waals surface area contributed by atoms with E-state index in [2.05, 4.69) is 10.3 Å². The molecule has 0 aliphatic rings. The Bertz CT molecular complexity index is 785. The summed E-state index contributed by atoms with van der Waals surface area (Å²) >= 11 is 0. The number of phenolic OH excluding ortho intramolecular Hbond substituents is 1. The summed E-state index contributed by atoms with van der Waals surface area (Å²) in [5, 5.41) is 14.4. The second-order valence-corrected chi connectivity index (χ2v) is 4.72. The minimum Gasteiger partial charge on any atom is -0.507 e. The minimum atomic E-state index is -0.235. The van der Waals surface area contributed by atoms with Gasteiger partial charge in [-0.2, -0.15) is 0 Å². The molecular formula is C17H14N2O2. The van der Waals surface area contributed by atoms with Gasteiger partial charge in [-0.25, -0.2) is 0 Å². The summed E-state index contributed by atoms with van der Waals surface area (Å²) in [6, 6.07) is 16.2. The van der Waals surface area contributed by atoms with E-state index >= 15 is 0 Å². The molecule has 0 saturated carbocycles. The topological polar surface area (TPSA) is 62.2 Å². The Morgan fingerprint density at radius 3 is 2.71 bits per heavy atom. The molecule has 0 atom stereocenters. The van der Waals surface area contributed by atoms with Crippen LogP contribution in [0.2, 0.25) is 0 Å². The van der Waals surface area contributed by atoms with Crippen LogP contribution in [0.5, 0.6) is 5.75 Å². The molecule has 0 fully saturated rings. The van der Waals surface area contributed by atoms with E-state index in [9.17, 15) is 9.90 Å². The number of amides is 1. The summed E-state index contributed by atoms with van der Waals surface area (Å²) in [6.45, 7) is 0.354. The van der Waals surface area contributed by atoms with Crippen molar-refractivity contribution in [3.63, 3.8) is 0 Å². The van der Waals surface area contributed by atoms with Crippen LogP contribution < -0.4 is 5.32 Å². The molecular weight excluding hydrogens is 264 g/mol. The van der Waals surface area contributed by atoms with Crippen LogP contribution in [0.15, 0.2) is 60.8 Å². The lowest BCUT2D eigenvalue weighted by Crippen LogP contribution is -2.23. The highest BCUT2D eigenvalue weighted by molar-refractivity contribution is 6.00. The number of aromatic hydroxyl groups is 1. The van der Waals surface area contributed by atoms with Crippen molar-refractivity contribution in [2.24, 2.45) is 0 Å². The second kappa shape index (κ2) is 5.63. The summed E-state index contributed by atoms with van der Waals surface area (Å²) in [5.41, 5.74) is 1.22. The summed E-state index contributed by atoms with van der Waals surface area (Å²) in [5.74, 6) is -0.127. The van der Waals surface area contributed by atoms with Gasteiger partial charge in [-0.05, 0) is 29.7 Å². The number of rotatable bonds is 3. The number of pyridine rings is 1. The van der Waals surface area contributed by atoms with Gasteiger partial charge in [0.25, 0.3) is 5.91 Å². The van der Waals surface area contributed by atoms with Crippen molar-refractivity contribution < 1.29 is 9.90 Å². The number of phenols is 1. The molecule has 104 valence electrons. The third-order valence-electron chi connectivity index (χ3n) is 3.26. The average Bonchev–Trinajstić information content (AvgIpc) is 2.53. The molecule has 1 aromatic heterocycles. The van der Waals surface area contributed by atoms with Gasteiger partial charge < -0.3 is 10.4 Å². The van der Waals surface area contributed by atoms with E-state index in [1.807, 2.05) is 42.5 Å². The molecule has 4 nitrogen and oxygen atoms in total. The lowest BCUT2D eigenvalue weighted by molar-refractivity contribution is 0.0950. The van der Waals surface area contributed by atoms with Crippen LogP contribution in [0.4, 0.5) is 0 Å². The zero-order valence-corrected chi connectivity index (χ0v) is 11.3. The molecule has 1 amide bonds. The zero-order valence-electron chi connectivity index (χ0n) is 11.3. The highest BCUT2D eigenvalue weighted by Gasteiger charge is 2.09. The number of hydrogen-bond acceptors (Lipinski definition) is 3. The first-order valence-electron chi connectivity index (χ1n) is 6.64. The fourth-order valence-corrected chi connectivity index (χ4v) is 2.20. The Kier molecular flexibility index (Phi) is 3.51. The minimum absolute atomic E-state index is 0.107. The van der Waals surface area contributed by atoms with E-state index < -0.39 is 0 Å². The Morgan fingerprint density at radius 1 is 1.10 bits per heavy atom. The van der Waals surface area contributed by atoms with Crippen LogP contribution in [0.3, 0.4) is 0 Å². The van der Waals surface area contributed by atoms with E-state index in [1.54, 1.807) is 12.3 Å². The van der Waals surface area contributed by atoms with Crippen LogP contribution in [0, 0.1) is 0 Å². The molecule has 0 aliphatic carbocycles. The van der Waals surface area contributed by atoms with Crippen molar-refractivity contribution >= 4 is 16.7 Å². The van der Waals surface area contributed by atoms with E-state index in [-0.39, 0.29) is 11.7 Å². The SMILES string of the molecule is O=C(NCc1ccccn1)c1cc(O)c2ccccc2c1. The molecule has 3 aromatic rings. The zero-order chi connectivity index (χ0) is 14.7. The lowest BCUT2D eigenvalue weighted by atomic mass is 10.1. The number of hydrogen-bond donors (Lipinski definition) is 2. The van der Waals surface area contributed by atoms with E-state index in [4.69, 9.17) is 0 Å². The van der Waals surface area contributed by atoms with Gasteiger partial charge in [0, 0.05) is 17.1 Å². The van der Waals surface area contributed by atoms with Gasteiger partial charge in [0.1, 0.15) is 5.75 Å². The fraction of sp³-hybridized carbons (Fsp3) is 0.0588. The van der Waals surface area contributed by atoms with E-state index in [0.29, 0.717) is 12.1 Å². The predicted octanol–water partition coefficient (Wildman–Crippen LogP) is 2.87. The standard InChI is InChI=1S/C17H14N2O2/c20-16-10-13(9-12-5-1-2-7-15(12)16)17(21)19-11-14-6-3-4-8-18-14/h1-10,20H,11H2,(H,19,21). The number of nitrogens with zero attached hydrogens (tertiary/aromatic N) is 1. The Morgan fingerprint density at radius 2 is 1.90 bits per heavy atom. The maximum absolute atomic E-state index is 12.2. The van der Waals surface area contributed by atoms with Gasteiger partial charge >= 0.3 is 0 Å². The number of carbonyl (C=O) groups excluding carboxylic acids is 1. The quantitative estimate of drug-likeness (QED) is 0.774. The van der Waals surface area contributed by atoms with Crippen molar-refractivity contribution in [3.05, 3.63) is 72.1 Å². The Hall–Kier alpha value is -2.88. The van der Waals surface area contributed by atoms with Gasteiger partial charge in [-0.1, -0.05) is 30.3 Å². The molecule has 0 bridgehead atoms. The van der Waals surface area contributed by atoms with Gasteiger partial charge in [0.2, 0.25) is 0 Å². The first kappa shape index (κ1) is 13.1. The molecule has 0 unspecified atom stereocenters. The first-order chi connectivity index (χ1) is 10.2. The van der Waals surface area contributed by atoms with Gasteiger partial charge in [-0.15, -0.1) is 0 Å². The number of fused-ring (bicyclic) bond motifs is 1. The molecule has 4 heteroatoms. The molecule has 0 spiro atoms. The van der Waals surface area contributed by atoms with Crippen molar-refractivity contribution in [3.8, 4) is 5.75 Å². The molecule has 2 N–H and O–H groups in total. The second-order valence-electron chi connectivity index (χ2n) is 4.72.